The van der Waals surface area contributed by atoms with Gasteiger partial charge in [0.2, 0.25) is 0 Å². The largest absolute Gasteiger partial charge is 0.480 e. The van der Waals surface area contributed by atoms with Gasteiger partial charge in [0.1, 0.15) is 6.04 Å². The zero-order valence-corrected chi connectivity index (χ0v) is 8.93. The zero-order chi connectivity index (χ0) is 12.3. The molecule has 0 unspecified atom stereocenters. The first-order chi connectivity index (χ1) is 7.41. The number of nitrogens with zero attached hydrogens (tertiary/aromatic N) is 1. The SMILES string of the molecule is Cc1cc(N[C@@H](C)C(=O)O)ccc1[N+](=O)[O-]. The molecule has 0 aliphatic carbocycles. The summed E-state index contributed by atoms with van der Waals surface area (Å²) in [7, 11) is 0. The summed E-state index contributed by atoms with van der Waals surface area (Å²) in [6.07, 6.45) is 0. The molecule has 1 aromatic carbocycles. The van der Waals surface area contributed by atoms with Crippen molar-refractivity contribution >= 4 is 17.3 Å². The molecule has 0 aliphatic rings. The van der Waals surface area contributed by atoms with E-state index in [0.717, 1.165) is 0 Å². The normalized spacial score (nSPS) is 11.9. The van der Waals surface area contributed by atoms with Gasteiger partial charge in [-0.1, -0.05) is 0 Å². The van der Waals surface area contributed by atoms with Crippen LogP contribution in [0.4, 0.5) is 11.4 Å². The minimum absolute atomic E-state index is 0.0218. The van der Waals surface area contributed by atoms with E-state index in [2.05, 4.69) is 5.32 Å². The number of hydrogen-bond donors (Lipinski definition) is 2. The van der Waals surface area contributed by atoms with E-state index in [1.807, 2.05) is 0 Å². The Morgan fingerprint density at radius 1 is 1.56 bits per heavy atom. The van der Waals surface area contributed by atoms with Crippen LogP contribution in [0.15, 0.2) is 18.2 Å². The maximum absolute atomic E-state index is 10.6. The highest BCUT2D eigenvalue weighted by Crippen LogP contribution is 2.21. The second-order valence-corrected chi connectivity index (χ2v) is 3.46. The maximum atomic E-state index is 10.6. The molecule has 0 radical (unpaired) electrons. The number of nitro groups is 1. The molecule has 0 fully saturated rings. The summed E-state index contributed by atoms with van der Waals surface area (Å²) >= 11 is 0. The van der Waals surface area contributed by atoms with Gasteiger partial charge in [-0.25, -0.2) is 0 Å². The molecule has 0 spiro atoms. The van der Waals surface area contributed by atoms with Crippen molar-refractivity contribution in [3.8, 4) is 0 Å². The number of aryl methyl sites for hydroxylation is 1. The monoisotopic (exact) mass is 224 g/mol. The minimum Gasteiger partial charge on any atom is -0.480 e. The molecule has 1 atom stereocenters. The van der Waals surface area contributed by atoms with Crippen LogP contribution in [0, 0.1) is 17.0 Å². The average Bonchev–Trinajstić information content (AvgIpc) is 2.16. The third-order valence-corrected chi connectivity index (χ3v) is 2.15. The number of benzene rings is 1. The Hall–Kier alpha value is -2.11. The van der Waals surface area contributed by atoms with Gasteiger partial charge in [0.15, 0.2) is 0 Å². The summed E-state index contributed by atoms with van der Waals surface area (Å²) in [5.41, 5.74) is 1.07. The van der Waals surface area contributed by atoms with Gasteiger partial charge in [-0.3, -0.25) is 14.9 Å². The Bertz CT molecular complexity index is 431. The van der Waals surface area contributed by atoms with Crippen LogP contribution in [0.1, 0.15) is 12.5 Å². The molecule has 0 aromatic heterocycles. The molecule has 16 heavy (non-hydrogen) atoms. The first kappa shape index (κ1) is 12.0. The Morgan fingerprint density at radius 3 is 2.62 bits per heavy atom. The van der Waals surface area contributed by atoms with Crippen molar-refractivity contribution in [2.24, 2.45) is 0 Å². The van der Waals surface area contributed by atoms with E-state index in [1.54, 1.807) is 13.0 Å². The van der Waals surface area contributed by atoms with Gasteiger partial charge in [0, 0.05) is 17.3 Å². The Balaban J connectivity index is 2.89. The number of carboxylic acids is 1. The highest BCUT2D eigenvalue weighted by Gasteiger charge is 2.13. The standard InChI is InChI=1S/C10H12N2O4/c1-6-5-8(11-7(2)10(13)14)3-4-9(6)12(15)16/h3-5,7,11H,1-2H3,(H,13,14)/t7-/m0/s1. The number of carboxylic acid groups (broad SMARTS) is 1. The number of nitro benzene ring substituents is 1. The van der Waals surface area contributed by atoms with Crippen molar-refractivity contribution in [3.63, 3.8) is 0 Å². The molecule has 6 heteroatoms. The molecule has 2 N–H and O–H groups in total. The van der Waals surface area contributed by atoms with Crippen molar-refractivity contribution in [2.75, 3.05) is 5.32 Å². The quantitative estimate of drug-likeness (QED) is 0.600. The highest BCUT2D eigenvalue weighted by molar-refractivity contribution is 5.76. The fourth-order valence-electron chi connectivity index (χ4n) is 1.26. The van der Waals surface area contributed by atoms with Crippen LogP contribution in [-0.4, -0.2) is 22.0 Å². The molecule has 0 heterocycles. The summed E-state index contributed by atoms with van der Waals surface area (Å²) < 4.78 is 0. The van der Waals surface area contributed by atoms with Crippen LogP contribution >= 0.6 is 0 Å². The van der Waals surface area contributed by atoms with Crippen molar-refractivity contribution in [2.45, 2.75) is 19.9 Å². The second kappa shape index (κ2) is 4.61. The molecule has 0 aliphatic heterocycles. The summed E-state index contributed by atoms with van der Waals surface area (Å²) in [5.74, 6) is -0.976. The summed E-state index contributed by atoms with van der Waals surface area (Å²) in [6, 6.07) is 3.66. The molecular formula is C10H12N2O4. The molecule has 1 aromatic rings. The van der Waals surface area contributed by atoms with Crippen LogP contribution in [0.2, 0.25) is 0 Å². The summed E-state index contributed by atoms with van der Waals surface area (Å²) in [5, 5.41) is 22.0. The number of nitrogens with one attached hydrogen (secondary N) is 1. The predicted molar refractivity (Wildman–Crippen MR) is 58.6 cm³/mol. The molecular weight excluding hydrogens is 212 g/mol. The number of rotatable bonds is 4. The van der Waals surface area contributed by atoms with Crippen molar-refractivity contribution in [1.29, 1.82) is 0 Å². The molecule has 0 saturated heterocycles. The van der Waals surface area contributed by atoms with E-state index in [4.69, 9.17) is 5.11 Å². The van der Waals surface area contributed by atoms with E-state index in [0.29, 0.717) is 11.3 Å². The molecule has 86 valence electrons. The molecule has 1 rings (SSSR count). The predicted octanol–water partition coefficient (Wildman–Crippen LogP) is 1.79. The number of anilines is 1. The summed E-state index contributed by atoms with van der Waals surface area (Å²) in [6.45, 7) is 3.10. The number of hydrogen-bond acceptors (Lipinski definition) is 4. The lowest BCUT2D eigenvalue weighted by Crippen LogP contribution is -2.25. The van der Waals surface area contributed by atoms with Gasteiger partial charge >= 0.3 is 5.97 Å². The Kier molecular flexibility index (Phi) is 3.44. The maximum Gasteiger partial charge on any atom is 0.325 e. The molecule has 0 saturated carbocycles. The van der Waals surface area contributed by atoms with Crippen LogP contribution in [0.3, 0.4) is 0 Å². The van der Waals surface area contributed by atoms with E-state index in [9.17, 15) is 14.9 Å². The smallest absolute Gasteiger partial charge is 0.325 e. The second-order valence-electron chi connectivity index (χ2n) is 3.46. The van der Waals surface area contributed by atoms with Gasteiger partial charge in [0.05, 0.1) is 4.92 Å². The van der Waals surface area contributed by atoms with Gasteiger partial charge in [0.25, 0.3) is 5.69 Å². The molecule has 0 bridgehead atoms. The first-order valence-electron chi connectivity index (χ1n) is 4.66. The number of aliphatic carboxylic acids is 1. The highest BCUT2D eigenvalue weighted by atomic mass is 16.6. The van der Waals surface area contributed by atoms with Crippen molar-refractivity contribution in [3.05, 3.63) is 33.9 Å². The summed E-state index contributed by atoms with van der Waals surface area (Å²) in [4.78, 5) is 20.7. The Morgan fingerprint density at radius 2 is 2.19 bits per heavy atom. The minimum atomic E-state index is -0.976. The van der Waals surface area contributed by atoms with Gasteiger partial charge < -0.3 is 10.4 Å². The van der Waals surface area contributed by atoms with Gasteiger partial charge in [-0.15, -0.1) is 0 Å². The van der Waals surface area contributed by atoms with Crippen molar-refractivity contribution < 1.29 is 14.8 Å². The van der Waals surface area contributed by atoms with Crippen LogP contribution in [-0.2, 0) is 4.79 Å². The van der Waals surface area contributed by atoms with Crippen LogP contribution in [0.5, 0.6) is 0 Å². The molecule has 6 nitrogen and oxygen atoms in total. The first-order valence-corrected chi connectivity index (χ1v) is 4.66. The lowest BCUT2D eigenvalue weighted by molar-refractivity contribution is -0.385. The third kappa shape index (κ3) is 2.69. The van der Waals surface area contributed by atoms with E-state index >= 15 is 0 Å². The average molecular weight is 224 g/mol. The van der Waals surface area contributed by atoms with Crippen LogP contribution in [0.25, 0.3) is 0 Å². The topological polar surface area (TPSA) is 92.5 Å². The fourth-order valence-corrected chi connectivity index (χ4v) is 1.26. The van der Waals surface area contributed by atoms with E-state index < -0.39 is 16.9 Å². The van der Waals surface area contributed by atoms with E-state index in [1.165, 1.54) is 19.1 Å². The molecule has 0 amide bonds. The lowest BCUT2D eigenvalue weighted by Gasteiger charge is -2.11. The van der Waals surface area contributed by atoms with E-state index in [-0.39, 0.29) is 5.69 Å². The zero-order valence-electron chi connectivity index (χ0n) is 8.93. The van der Waals surface area contributed by atoms with Gasteiger partial charge in [-0.2, -0.15) is 0 Å². The Labute approximate surface area is 92.0 Å². The fraction of sp³-hybridized carbons (Fsp3) is 0.300. The van der Waals surface area contributed by atoms with Gasteiger partial charge in [-0.05, 0) is 26.0 Å². The number of carbonyl (C=O) groups is 1. The lowest BCUT2D eigenvalue weighted by atomic mass is 10.1. The van der Waals surface area contributed by atoms with Crippen LogP contribution < -0.4 is 5.32 Å². The van der Waals surface area contributed by atoms with Crippen molar-refractivity contribution in [1.82, 2.24) is 0 Å². The third-order valence-electron chi connectivity index (χ3n) is 2.15.